The van der Waals surface area contributed by atoms with Crippen molar-refractivity contribution in [1.82, 2.24) is 0 Å². The summed E-state index contributed by atoms with van der Waals surface area (Å²) in [6, 6.07) is 4.93. The van der Waals surface area contributed by atoms with Crippen LogP contribution in [0.4, 0.5) is 0 Å². The maximum Gasteiger partial charge on any atom is 0.128 e. The fourth-order valence-corrected chi connectivity index (χ4v) is 2.41. The van der Waals surface area contributed by atoms with Crippen molar-refractivity contribution in [2.45, 2.75) is 30.5 Å². The predicted octanol–water partition coefficient (Wildman–Crippen LogP) is -0.781. The van der Waals surface area contributed by atoms with Gasteiger partial charge in [0.05, 0.1) is 20.8 Å². The molecule has 0 amide bonds. The molecule has 118 valence electrons. The van der Waals surface area contributed by atoms with Crippen LogP contribution in [0, 0.1) is 0 Å². The molecule has 1 aliphatic rings. The van der Waals surface area contributed by atoms with Gasteiger partial charge >= 0.3 is 0 Å². The lowest BCUT2D eigenvalue weighted by Crippen LogP contribution is -2.55. The Morgan fingerprint density at radius 3 is 2.33 bits per heavy atom. The van der Waals surface area contributed by atoms with E-state index in [9.17, 15) is 20.4 Å². The van der Waals surface area contributed by atoms with Crippen LogP contribution in [-0.2, 0) is 4.74 Å². The van der Waals surface area contributed by atoms with E-state index in [0.717, 1.165) is 0 Å². The molecule has 7 nitrogen and oxygen atoms in total. The third kappa shape index (κ3) is 2.97. The summed E-state index contributed by atoms with van der Waals surface area (Å²) in [6.07, 6.45) is -6.04. The van der Waals surface area contributed by atoms with Crippen LogP contribution in [0.5, 0.6) is 11.5 Å². The molecule has 1 aromatic carbocycles. The van der Waals surface area contributed by atoms with E-state index in [2.05, 4.69) is 0 Å². The van der Waals surface area contributed by atoms with E-state index < -0.39 is 37.1 Å². The first-order valence-corrected chi connectivity index (χ1v) is 6.56. The minimum absolute atomic E-state index is 0.415. The van der Waals surface area contributed by atoms with Gasteiger partial charge in [-0.05, 0) is 12.1 Å². The Bertz CT molecular complexity index is 476. The standard InChI is InChI=1S/C14H20O7/c1-19-7-3-4-8(9(5-7)20-2)14-13(18)12(17)11(16)10(6-15)21-14/h3-5,10-18H,6H2,1-2H3/t10-,11+,12+,13-,14+/m1/s1. The Kier molecular flexibility index (Phi) is 5.02. The van der Waals surface area contributed by atoms with Crippen LogP contribution >= 0.6 is 0 Å². The van der Waals surface area contributed by atoms with E-state index in [1.54, 1.807) is 18.2 Å². The van der Waals surface area contributed by atoms with Crippen molar-refractivity contribution in [2.24, 2.45) is 0 Å². The van der Waals surface area contributed by atoms with Crippen LogP contribution in [-0.4, -0.2) is 65.7 Å². The lowest BCUT2D eigenvalue weighted by atomic mass is 9.91. The average Bonchev–Trinajstić information content (AvgIpc) is 2.52. The summed E-state index contributed by atoms with van der Waals surface area (Å²) in [7, 11) is 2.98. The zero-order valence-electron chi connectivity index (χ0n) is 11.8. The van der Waals surface area contributed by atoms with Crippen LogP contribution in [0.25, 0.3) is 0 Å². The highest BCUT2D eigenvalue weighted by Gasteiger charge is 2.44. The first-order valence-electron chi connectivity index (χ1n) is 6.56. The highest BCUT2D eigenvalue weighted by atomic mass is 16.5. The fourth-order valence-electron chi connectivity index (χ4n) is 2.41. The first-order chi connectivity index (χ1) is 10.0. The van der Waals surface area contributed by atoms with Crippen molar-refractivity contribution in [1.29, 1.82) is 0 Å². The topological polar surface area (TPSA) is 109 Å². The number of methoxy groups -OCH3 is 2. The normalized spacial score (nSPS) is 32.8. The molecule has 0 radical (unpaired) electrons. The van der Waals surface area contributed by atoms with Crippen molar-refractivity contribution in [2.75, 3.05) is 20.8 Å². The Morgan fingerprint density at radius 2 is 1.76 bits per heavy atom. The summed E-state index contributed by atoms with van der Waals surface area (Å²) in [5.41, 5.74) is 0.496. The van der Waals surface area contributed by atoms with Crippen LogP contribution in [0.3, 0.4) is 0 Å². The third-order valence-electron chi connectivity index (χ3n) is 3.64. The zero-order valence-corrected chi connectivity index (χ0v) is 11.8. The van der Waals surface area contributed by atoms with Crippen molar-refractivity contribution >= 4 is 0 Å². The molecule has 0 spiro atoms. The van der Waals surface area contributed by atoms with Crippen molar-refractivity contribution in [3.63, 3.8) is 0 Å². The Balaban J connectivity index is 2.35. The number of aliphatic hydroxyl groups is 4. The fraction of sp³-hybridized carbons (Fsp3) is 0.571. The highest BCUT2D eigenvalue weighted by Crippen LogP contribution is 2.38. The van der Waals surface area contributed by atoms with E-state index in [4.69, 9.17) is 14.2 Å². The van der Waals surface area contributed by atoms with Crippen LogP contribution in [0.15, 0.2) is 18.2 Å². The summed E-state index contributed by atoms with van der Waals surface area (Å²) in [5.74, 6) is 0.985. The van der Waals surface area contributed by atoms with Gasteiger partial charge in [-0.1, -0.05) is 0 Å². The van der Waals surface area contributed by atoms with Gasteiger partial charge < -0.3 is 34.6 Å². The largest absolute Gasteiger partial charge is 0.497 e. The minimum atomic E-state index is -1.42. The average molecular weight is 300 g/mol. The second-order valence-corrected chi connectivity index (χ2v) is 4.86. The summed E-state index contributed by atoms with van der Waals surface area (Å²) in [5, 5.41) is 38.9. The molecule has 5 atom stereocenters. The van der Waals surface area contributed by atoms with Gasteiger partial charge in [0, 0.05) is 11.6 Å². The quantitative estimate of drug-likeness (QED) is 0.577. The predicted molar refractivity (Wildman–Crippen MR) is 72.3 cm³/mol. The van der Waals surface area contributed by atoms with E-state index in [-0.39, 0.29) is 0 Å². The molecule has 2 rings (SSSR count). The summed E-state index contributed by atoms with van der Waals surface area (Å²) >= 11 is 0. The molecule has 1 saturated heterocycles. The van der Waals surface area contributed by atoms with Gasteiger partial charge in [0.25, 0.3) is 0 Å². The van der Waals surface area contributed by atoms with Gasteiger partial charge in [-0.15, -0.1) is 0 Å². The SMILES string of the molecule is COc1ccc([C@@H]2O[C@H](CO)[C@H](O)[C@H](O)[C@H]2O)c(OC)c1. The molecule has 7 heteroatoms. The molecule has 0 aromatic heterocycles. The number of hydrogen-bond acceptors (Lipinski definition) is 7. The second-order valence-electron chi connectivity index (χ2n) is 4.86. The van der Waals surface area contributed by atoms with Crippen molar-refractivity contribution in [3.05, 3.63) is 23.8 Å². The summed E-state index contributed by atoms with van der Waals surface area (Å²) in [4.78, 5) is 0. The smallest absolute Gasteiger partial charge is 0.128 e. The minimum Gasteiger partial charge on any atom is -0.497 e. The van der Waals surface area contributed by atoms with E-state index in [1.807, 2.05) is 0 Å². The number of rotatable bonds is 4. The van der Waals surface area contributed by atoms with Gasteiger partial charge in [-0.2, -0.15) is 0 Å². The summed E-state index contributed by atoms with van der Waals surface area (Å²) < 4.78 is 15.8. The molecule has 1 aliphatic heterocycles. The number of benzene rings is 1. The maximum absolute atomic E-state index is 10.1. The van der Waals surface area contributed by atoms with Crippen LogP contribution in [0.1, 0.15) is 11.7 Å². The molecule has 1 aromatic rings. The molecule has 1 fully saturated rings. The van der Waals surface area contributed by atoms with Crippen LogP contribution in [0.2, 0.25) is 0 Å². The van der Waals surface area contributed by atoms with Gasteiger partial charge in [0.1, 0.15) is 42.0 Å². The molecule has 21 heavy (non-hydrogen) atoms. The lowest BCUT2D eigenvalue weighted by molar-refractivity contribution is -0.232. The van der Waals surface area contributed by atoms with Crippen molar-refractivity contribution in [3.8, 4) is 11.5 Å². The van der Waals surface area contributed by atoms with Gasteiger partial charge in [0.15, 0.2) is 0 Å². The molecular formula is C14H20O7. The molecular weight excluding hydrogens is 280 g/mol. The zero-order chi connectivity index (χ0) is 15.6. The first kappa shape index (κ1) is 16.0. The highest BCUT2D eigenvalue weighted by molar-refractivity contribution is 5.42. The Labute approximate surface area is 122 Å². The molecule has 4 N–H and O–H groups in total. The number of aliphatic hydroxyl groups excluding tert-OH is 4. The van der Waals surface area contributed by atoms with Crippen molar-refractivity contribution < 1.29 is 34.6 Å². The van der Waals surface area contributed by atoms with E-state index in [1.165, 1.54) is 14.2 Å². The Hall–Kier alpha value is -1.38. The molecule has 0 saturated carbocycles. The second kappa shape index (κ2) is 6.59. The molecule has 0 bridgehead atoms. The van der Waals surface area contributed by atoms with E-state index >= 15 is 0 Å². The van der Waals surface area contributed by atoms with Gasteiger partial charge in [-0.3, -0.25) is 0 Å². The van der Waals surface area contributed by atoms with Crippen LogP contribution < -0.4 is 9.47 Å². The molecule has 0 aliphatic carbocycles. The van der Waals surface area contributed by atoms with E-state index in [0.29, 0.717) is 17.1 Å². The summed E-state index contributed by atoms with van der Waals surface area (Å²) in [6.45, 7) is -0.472. The number of ether oxygens (including phenoxy) is 3. The molecule has 0 unspecified atom stereocenters. The monoisotopic (exact) mass is 300 g/mol. The Morgan fingerprint density at radius 1 is 1.05 bits per heavy atom. The molecule has 1 heterocycles. The van der Waals surface area contributed by atoms with Gasteiger partial charge in [-0.25, -0.2) is 0 Å². The van der Waals surface area contributed by atoms with Gasteiger partial charge in [0.2, 0.25) is 0 Å². The maximum atomic E-state index is 10.1. The third-order valence-corrected chi connectivity index (χ3v) is 3.64. The lowest BCUT2D eigenvalue weighted by Gasteiger charge is -2.40. The number of hydrogen-bond donors (Lipinski definition) is 4.